The molecular formula is C11H13N2O. The van der Waals surface area contributed by atoms with E-state index in [1.807, 2.05) is 19.1 Å². The molecule has 14 heavy (non-hydrogen) atoms. The predicted molar refractivity (Wildman–Crippen MR) is 55.1 cm³/mol. The molecule has 1 aromatic heterocycles. The SMILES string of the molecule is CCOCCc1cccc2[nH][c]nc12. The molecule has 2 rings (SSSR count). The number of benzene rings is 1. The second-order valence-electron chi connectivity index (χ2n) is 3.11. The number of nitrogens with one attached hydrogen (secondary N) is 1. The summed E-state index contributed by atoms with van der Waals surface area (Å²) in [6.45, 7) is 3.52. The lowest BCUT2D eigenvalue weighted by Gasteiger charge is -2.02. The molecular weight excluding hydrogens is 176 g/mol. The molecule has 0 aliphatic rings. The van der Waals surface area contributed by atoms with E-state index in [0.29, 0.717) is 0 Å². The molecule has 3 heteroatoms. The van der Waals surface area contributed by atoms with Crippen molar-refractivity contribution in [3.05, 3.63) is 30.1 Å². The predicted octanol–water partition coefficient (Wildman–Crippen LogP) is 1.94. The van der Waals surface area contributed by atoms with Crippen LogP contribution in [0.2, 0.25) is 0 Å². The first kappa shape index (κ1) is 9.21. The molecule has 0 saturated heterocycles. The third kappa shape index (κ3) is 1.77. The van der Waals surface area contributed by atoms with Crippen molar-refractivity contribution in [2.24, 2.45) is 0 Å². The van der Waals surface area contributed by atoms with Crippen molar-refractivity contribution < 1.29 is 4.74 Å². The molecule has 0 unspecified atom stereocenters. The Morgan fingerprint density at radius 1 is 1.50 bits per heavy atom. The summed E-state index contributed by atoms with van der Waals surface area (Å²) in [7, 11) is 0. The van der Waals surface area contributed by atoms with Gasteiger partial charge < -0.3 is 9.72 Å². The number of aromatic nitrogens is 2. The van der Waals surface area contributed by atoms with Crippen molar-refractivity contribution in [3.8, 4) is 0 Å². The van der Waals surface area contributed by atoms with Gasteiger partial charge in [-0.3, -0.25) is 0 Å². The number of H-pyrrole nitrogens is 1. The molecule has 0 aliphatic heterocycles. The Morgan fingerprint density at radius 3 is 3.29 bits per heavy atom. The van der Waals surface area contributed by atoms with Gasteiger partial charge in [-0.05, 0) is 25.0 Å². The van der Waals surface area contributed by atoms with E-state index in [1.165, 1.54) is 5.56 Å². The normalized spacial score (nSPS) is 10.9. The van der Waals surface area contributed by atoms with Gasteiger partial charge in [0.15, 0.2) is 6.33 Å². The summed E-state index contributed by atoms with van der Waals surface area (Å²) < 4.78 is 5.31. The minimum Gasteiger partial charge on any atom is -0.381 e. The molecule has 1 N–H and O–H groups in total. The quantitative estimate of drug-likeness (QED) is 0.746. The van der Waals surface area contributed by atoms with Gasteiger partial charge in [-0.1, -0.05) is 12.1 Å². The van der Waals surface area contributed by atoms with E-state index < -0.39 is 0 Å². The number of para-hydroxylation sites is 1. The molecule has 0 atom stereocenters. The zero-order valence-corrected chi connectivity index (χ0v) is 8.21. The van der Waals surface area contributed by atoms with Crippen LogP contribution in [0.25, 0.3) is 11.0 Å². The Hall–Kier alpha value is -1.35. The van der Waals surface area contributed by atoms with Crippen molar-refractivity contribution in [2.45, 2.75) is 13.3 Å². The summed E-state index contributed by atoms with van der Waals surface area (Å²) in [6, 6.07) is 6.11. The van der Waals surface area contributed by atoms with Crippen molar-refractivity contribution in [1.82, 2.24) is 9.97 Å². The average molecular weight is 189 g/mol. The highest BCUT2D eigenvalue weighted by Crippen LogP contribution is 2.14. The van der Waals surface area contributed by atoms with Crippen LogP contribution in [0.1, 0.15) is 12.5 Å². The van der Waals surface area contributed by atoms with E-state index in [1.54, 1.807) is 0 Å². The fraction of sp³-hybridized carbons (Fsp3) is 0.364. The maximum atomic E-state index is 5.31. The maximum absolute atomic E-state index is 5.31. The van der Waals surface area contributed by atoms with Crippen LogP contribution in [0.5, 0.6) is 0 Å². The van der Waals surface area contributed by atoms with Crippen LogP contribution in [0.15, 0.2) is 18.2 Å². The summed E-state index contributed by atoms with van der Waals surface area (Å²) >= 11 is 0. The number of rotatable bonds is 4. The number of aromatic amines is 1. The zero-order valence-electron chi connectivity index (χ0n) is 8.21. The number of hydrogen-bond acceptors (Lipinski definition) is 2. The molecule has 0 amide bonds. The van der Waals surface area contributed by atoms with Gasteiger partial charge in [0, 0.05) is 6.61 Å². The molecule has 0 saturated carbocycles. The van der Waals surface area contributed by atoms with Crippen LogP contribution in [0.4, 0.5) is 0 Å². The molecule has 1 radical (unpaired) electrons. The van der Waals surface area contributed by atoms with E-state index >= 15 is 0 Å². The fourth-order valence-electron chi connectivity index (χ4n) is 1.50. The Labute approximate surface area is 83.1 Å². The van der Waals surface area contributed by atoms with Crippen molar-refractivity contribution in [1.29, 1.82) is 0 Å². The van der Waals surface area contributed by atoms with Crippen LogP contribution in [-0.2, 0) is 11.2 Å². The molecule has 0 aliphatic carbocycles. The van der Waals surface area contributed by atoms with Crippen molar-refractivity contribution in [3.63, 3.8) is 0 Å². The number of hydrogen-bond donors (Lipinski definition) is 1. The maximum Gasteiger partial charge on any atom is 0.174 e. The minimum absolute atomic E-state index is 0.752. The number of fused-ring (bicyclic) bond motifs is 1. The fourth-order valence-corrected chi connectivity index (χ4v) is 1.50. The lowest BCUT2D eigenvalue weighted by atomic mass is 10.1. The van der Waals surface area contributed by atoms with Gasteiger partial charge in [0.25, 0.3) is 0 Å². The van der Waals surface area contributed by atoms with E-state index in [4.69, 9.17) is 4.74 Å². The van der Waals surface area contributed by atoms with Crippen molar-refractivity contribution >= 4 is 11.0 Å². The van der Waals surface area contributed by atoms with E-state index in [-0.39, 0.29) is 0 Å². The molecule has 3 nitrogen and oxygen atoms in total. The zero-order chi connectivity index (χ0) is 9.80. The number of ether oxygens (including phenoxy) is 1. The molecule has 73 valence electrons. The lowest BCUT2D eigenvalue weighted by Crippen LogP contribution is -1.98. The Bertz CT molecular complexity index is 408. The summed E-state index contributed by atoms with van der Waals surface area (Å²) in [4.78, 5) is 7.13. The van der Waals surface area contributed by atoms with Gasteiger partial charge in [-0.15, -0.1) is 0 Å². The monoisotopic (exact) mass is 189 g/mol. The molecule has 0 fully saturated rings. The Kier molecular flexibility index (Phi) is 2.79. The second-order valence-corrected chi connectivity index (χ2v) is 3.11. The largest absolute Gasteiger partial charge is 0.381 e. The minimum atomic E-state index is 0.752. The van der Waals surface area contributed by atoms with Crippen molar-refractivity contribution in [2.75, 3.05) is 13.2 Å². The lowest BCUT2D eigenvalue weighted by molar-refractivity contribution is 0.151. The van der Waals surface area contributed by atoms with Crippen LogP contribution in [-0.4, -0.2) is 23.2 Å². The average Bonchev–Trinajstić information content (AvgIpc) is 2.67. The van der Waals surface area contributed by atoms with Crippen LogP contribution >= 0.6 is 0 Å². The Balaban J connectivity index is 2.19. The highest BCUT2D eigenvalue weighted by atomic mass is 16.5. The van der Waals surface area contributed by atoms with Crippen LogP contribution in [0.3, 0.4) is 0 Å². The van der Waals surface area contributed by atoms with E-state index in [0.717, 1.165) is 30.7 Å². The third-order valence-corrected chi connectivity index (χ3v) is 2.20. The first-order valence-electron chi connectivity index (χ1n) is 4.83. The number of nitrogens with zero attached hydrogens (tertiary/aromatic N) is 1. The molecule has 0 spiro atoms. The second kappa shape index (κ2) is 4.24. The molecule has 1 aromatic carbocycles. The van der Waals surface area contributed by atoms with Gasteiger partial charge >= 0.3 is 0 Å². The highest BCUT2D eigenvalue weighted by Gasteiger charge is 2.02. The van der Waals surface area contributed by atoms with Crippen LogP contribution < -0.4 is 0 Å². The standard InChI is InChI=1S/C11H13N2O/c1-2-14-7-6-9-4-3-5-10-11(9)13-8-12-10/h3-5H,2,6-7H2,1H3,(H,12,13). The molecule has 2 aromatic rings. The first-order chi connectivity index (χ1) is 6.92. The third-order valence-electron chi connectivity index (χ3n) is 2.20. The summed E-state index contributed by atoms with van der Waals surface area (Å²) in [5.41, 5.74) is 3.26. The first-order valence-corrected chi connectivity index (χ1v) is 4.83. The topological polar surface area (TPSA) is 37.9 Å². The molecule has 1 heterocycles. The molecule has 0 bridgehead atoms. The van der Waals surface area contributed by atoms with Crippen LogP contribution in [0, 0.1) is 6.33 Å². The van der Waals surface area contributed by atoms with E-state index in [9.17, 15) is 0 Å². The number of imidazole rings is 1. The summed E-state index contributed by atoms with van der Waals surface area (Å²) in [5.74, 6) is 0. The van der Waals surface area contributed by atoms with Gasteiger partial charge in [-0.2, -0.15) is 0 Å². The van der Waals surface area contributed by atoms with E-state index in [2.05, 4.69) is 22.4 Å². The highest BCUT2D eigenvalue weighted by molar-refractivity contribution is 5.77. The smallest absolute Gasteiger partial charge is 0.174 e. The van der Waals surface area contributed by atoms with Gasteiger partial charge in [0.1, 0.15) is 0 Å². The van der Waals surface area contributed by atoms with Gasteiger partial charge in [-0.25, -0.2) is 4.98 Å². The van der Waals surface area contributed by atoms with Gasteiger partial charge in [0.05, 0.1) is 17.6 Å². The Morgan fingerprint density at radius 2 is 2.43 bits per heavy atom. The summed E-state index contributed by atoms with van der Waals surface area (Å²) in [5, 5.41) is 0. The summed E-state index contributed by atoms with van der Waals surface area (Å²) in [6.07, 6.45) is 3.66. The van der Waals surface area contributed by atoms with Gasteiger partial charge in [0.2, 0.25) is 0 Å².